The average molecular weight is 311 g/mol. The first kappa shape index (κ1) is 14.8. The summed E-state index contributed by atoms with van der Waals surface area (Å²) in [5, 5.41) is 9.60. The van der Waals surface area contributed by atoms with Crippen LogP contribution in [0.1, 0.15) is 10.4 Å². The van der Waals surface area contributed by atoms with Gasteiger partial charge >= 0.3 is 5.97 Å². The molecule has 0 saturated carbocycles. The molecule has 0 fully saturated rings. The van der Waals surface area contributed by atoms with Crippen LogP contribution >= 0.6 is 0 Å². The van der Waals surface area contributed by atoms with Crippen molar-refractivity contribution in [3.05, 3.63) is 78.1 Å². The van der Waals surface area contributed by atoms with Gasteiger partial charge in [0.2, 0.25) is 0 Å². The normalized spacial score (nSPS) is 10.5. The van der Waals surface area contributed by atoms with Crippen molar-refractivity contribution >= 4 is 5.97 Å². The second kappa shape index (κ2) is 5.96. The third-order valence-corrected chi connectivity index (χ3v) is 3.47. The number of carbonyl (C=O) groups is 1. The lowest BCUT2D eigenvalue weighted by molar-refractivity contribution is 0.0698. The molecule has 0 aliphatic rings. The number of aromatic nitrogens is 1. The minimum Gasteiger partial charge on any atom is -0.478 e. The second-order valence-corrected chi connectivity index (χ2v) is 4.93. The maximum absolute atomic E-state index is 13.1. The molecule has 5 heteroatoms. The van der Waals surface area contributed by atoms with Gasteiger partial charge in [-0.2, -0.15) is 0 Å². The van der Waals surface area contributed by atoms with Crippen molar-refractivity contribution in [2.75, 3.05) is 0 Å². The number of pyridine rings is 1. The minimum absolute atomic E-state index is 0.0400. The van der Waals surface area contributed by atoms with Crippen LogP contribution in [-0.4, -0.2) is 16.1 Å². The van der Waals surface area contributed by atoms with Gasteiger partial charge in [0.1, 0.15) is 11.6 Å². The van der Waals surface area contributed by atoms with Crippen LogP contribution < -0.4 is 0 Å². The van der Waals surface area contributed by atoms with Gasteiger partial charge in [-0.05, 0) is 35.4 Å². The molecule has 0 aliphatic carbocycles. The summed E-state index contributed by atoms with van der Waals surface area (Å²) in [4.78, 5) is 15.8. The number of nitrogens with zero attached hydrogens (tertiary/aromatic N) is 1. The van der Waals surface area contributed by atoms with Gasteiger partial charge in [-0.3, -0.25) is 4.98 Å². The van der Waals surface area contributed by atoms with Gasteiger partial charge in [-0.1, -0.05) is 24.3 Å². The summed E-state index contributed by atoms with van der Waals surface area (Å²) in [6.07, 6.45) is 2.84. The van der Waals surface area contributed by atoms with E-state index in [1.165, 1.54) is 60.9 Å². The lowest BCUT2D eigenvalue weighted by atomic mass is 9.94. The molecule has 0 radical (unpaired) electrons. The summed E-state index contributed by atoms with van der Waals surface area (Å²) in [6.45, 7) is 0. The van der Waals surface area contributed by atoms with E-state index in [2.05, 4.69) is 4.98 Å². The minimum atomic E-state index is -1.13. The largest absolute Gasteiger partial charge is 0.478 e. The van der Waals surface area contributed by atoms with E-state index in [0.717, 1.165) is 0 Å². The van der Waals surface area contributed by atoms with Crippen molar-refractivity contribution in [2.24, 2.45) is 0 Å². The Morgan fingerprint density at radius 1 is 0.783 bits per heavy atom. The van der Waals surface area contributed by atoms with Crippen molar-refractivity contribution in [3.8, 4) is 22.3 Å². The number of carboxylic acids is 1. The molecule has 2 aromatic carbocycles. The first-order valence-corrected chi connectivity index (χ1v) is 6.79. The highest BCUT2D eigenvalue weighted by atomic mass is 19.1. The zero-order valence-electron chi connectivity index (χ0n) is 11.8. The second-order valence-electron chi connectivity index (χ2n) is 4.93. The van der Waals surface area contributed by atoms with Crippen LogP contribution in [0, 0.1) is 11.6 Å². The maximum Gasteiger partial charge on any atom is 0.337 e. The Kier molecular flexibility index (Phi) is 3.85. The molecule has 0 amide bonds. The molecule has 0 unspecified atom stereocenters. The predicted molar refractivity (Wildman–Crippen MR) is 82.0 cm³/mol. The molecule has 1 heterocycles. The van der Waals surface area contributed by atoms with E-state index in [-0.39, 0.29) is 5.56 Å². The van der Waals surface area contributed by atoms with E-state index in [1.54, 1.807) is 0 Å². The molecule has 0 atom stereocenters. The van der Waals surface area contributed by atoms with Gasteiger partial charge in [-0.25, -0.2) is 13.6 Å². The molecule has 1 aromatic heterocycles. The number of aromatic carboxylic acids is 1. The molecular formula is C18H11F2NO2. The zero-order valence-corrected chi connectivity index (χ0v) is 11.8. The summed E-state index contributed by atoms with van der Waals surface area (Å²) in [5.41, 5.74) is 1.87. The van der Waals surface area contributed by atoms with Gasteiger partial charge in [0.05, 0.1) is 5.56 Å². The van der Waals surface area contributed by atoms with Crippen LogP contribution in [0.2, 0.25) is 0 Å². The summed E-state index contributed by atoms with van der Waals surface area (Å²) >= 11 is 0. The van der Waals surface area contributed by atoms with Gasteiger partial charge in [0.25, 0.3) is 0 Å². The molecule has 3 aromatic rings. The molecule has 1 N–H and O–H groups in total. The molecule has 3 rings (SSSR count). The highest BCUT2D eigenvalue weighted by molar-refractivity contribution is 6.02. The smallest absolute Gasteiger partial charge is 0.337 e. The summed E-state index contributed by atoms with van der Waals surface area (Å²) in [7, 11) is 0. The molecule has 0 saturated heterocycles. The Bertz CT molecular complexity index is 795. The molecule has 0 bridgehead atoms. The van der Waals surface area contributed by atoms with Gasteiger partial charge in [-0.15, -0.1) is 0 Å². The Morgan fingerprint density at radius 3 is 1.52 bits per heavy atom. The maximum atomic E-state index is 13.1. The number of carboxylic acid groups (broad SMARTS) is 1. The topological polar surface area (TPSA) is 50.2 Å². The van der Waals surface area contributed by atoms with E-state index in [1.807, 2.05) is 0 Å². The fraction of sp³-hybridized carbons (Fsp3) is 0. The van der Waals surface area contributed by atoms with Crippen LogP contribution in [0.5, 0.6) is 0 Å². The number of hydrogen-bond donors (Lipinski definition) is 1. The third-order valence-electron chi connectivity index (χ3n) is 3.47. The third kappa shape index (κ3) is 2.94. The summed E-state index contributed by atoms with van der Waals surface area (Å²) in [6, 6.07) is 11.0. The van der Waals surface area contributed by atoms with Crippen LogP contribution in [-0.2, 0) is 0 Å². The molecule has 0 aliphatic heterocycles. The zero-order chi connectivity index (χ0) is 16.4. The van der Waals surface area contributed by atoms with Gasteiger partial charge < -0.3 is 5.11 Å². The quantitative estimate of drug-likeness (QED) is 0.780. The highest BCUT2D eigenvalue weighted by Gasteiger charge is 2.18. The SMILES string of the molecule is O=C(O)c1c(-c2ccc(F)cc2)cncc1-c1ccc(F)cc1. The van der Waals surface area contributed by atoms with Crippen molar-refractivity contribution in [3.63, 3.8) is 0 Å². The molecule has 23 heavy (non-hydrogen) atoms. The Morgan fingerprint density at radius 2 is 1.17 bits per heavy atom. The lowest BCUT2D eigenvalue weighted by Gasteiger charge is -2.11. The monoisotopic (exact) mass is 311 g/mol. The number of benzene rings is 2. The van der Waals surface area contributed by atoms with Crippen LogP contribution in [0.15, 0.2) is 60.9 Å². The summed E-state index contributed by atoms with van der Waals surface area (Å²) < 4.78 is 26.2. The van der Waals surface area contributed by atoms with Crippen molar-refractivity contribution in [1.82, 2.24) is 4.98 Å². The lowest BCUT2D eigenvalue weighted by Crippen LogP contribution is -2.04. The van der Waals surface area contributed by atoms with Crippen LogP contribution in [0.4, 0.5) is 8.78 Å². The number of hydrogen-bond acceptors (Lipinski definition) is 2. The van der Waals surface area contributed by atoms with Gasteiger partial charge in [0.15, 0.2) is 0 Å². The molecular weight excluding hydrogens is 300 g/mol. The standard InChI is InChI=1S/C18H11F2NO2/c19-13-5-1-11(2-6-13)15-9-21-10-16(17(15)18(22)23)12-3-7-14(20)8-4-12/h1-10H,(H,22,23). The fourth-order valence-corrected chi connectivity index (χ4v) is 2.39. The summed E-state index contributed by atoms with van der Waals surface area (Å²) in [5.74, 6) is -1.95. The van der Waals surface area contributed by atoms with Crippen molar-refractivity contribution in [2.45, 2.75) is 0 Å². The predicted octanol–water partition coefficient (Wildman–Crippen LogP) is 4.39. The number of halogens is 2. The Labute approximate surface area is 130 Å². The molecule has 0 spiro atoms. The highest BCUT2D eigenvalue weighted by Crippen LogP contribution is 2.31. The Hall–Kier alpha value is -3.08. The molecule has 114 valence electrons. The van der Waals surface area contributed by atoms with E-state index >= 15 is 0 Å². The van der Waals surface area contributed by atoms with Gasteiger partial charge in [0, 0.05) is 23.5 Å². The molecule has 3 nitrogen and oxygen atoms in total. The first-order chi connectivity index (χ1) is 11.1. The van der Waals surface area contributed by atoms with E-state index in [0.29, 0.717) is 22.3 Å². The average Bonchev–Trinajstić information content (AvgIpc) is 2.55. The van der Waals surface area contributed by atoms with Crippen molar-refractivity contribution < 1.29 is 18.7 Å². The van der Waals surface area contributed by atoms with E-state index < -0.39 is 17.6 Å². The fourth-order valence-electron chi connectivity index (χ4n) is 2.39. The number of rotatable bonds is 3. The van der Waals surface area contributed by atoms with Crippen LogP contribution in [0.3, 0.4) is 0 Å². The first-order valence-electron chi connectivity index (χ1n) is 6.79. The van der Waals surface area contributed by atoms with E-state index in [4.69, 9.17) is 0 Å². The Balaban J connectivity index is 2.22. The van der Waals surface area contributed by atoms with Crippen LogP contribution in [0.25, 0.3) is 22.3 Å². The van der Waals surface area contributed by atoms with Crippen molar-refractivity contribution in [1.29, 1.82) is 0 Å². The van der Waals surface area contributed by atoms with E-state index in [9.17, 15) is 18.7 Å².